The van der Waals surface area contributed by atoms with E-state index in [1.165, 1.54) is 6.20 Å². The number of hydrogen-bond donors (Lipinski definition) is 3. The van der Waals surface area contributed by atoms with Crippen molar-refractivity contribution in [3.8, 4) is 0 Å². The number of nitrogens with one attached hydrogen (secondary N) is 3. The third-order valence-corrected chi connectivity index (χ3v) is 5.36. The smallest absolute Gasteiger partial charge is 0.407 e. The highest BCUT2D eigenvalue weighted by Crippen LogP contribution is 2.24. The van der Waals surface area contributed by atoms with Gasteiger partial charge in [0.05, 0.1) is 6.61 Å². The minimum Gasteiger partial charge on any atom is -0.450 e. The first-order chi connectivity index (χ1) is 15.3. The molecule has 2 amide bonds. The van der Waals surface area contributed by atoms with Gasteiger partial charge in [0.25, 0.3) is 5.91 Å². The number of pyridine rings is 1. The Hall–Kier alpha value is -3.61. The highest BCUT2D eigenvalue weighted by molar-refractivity contribution is 6.05. The number of rotatable bonds is 8. The number of alkyl carbamates (subject to hydrolysis) is 1. The Morgan fingerprint density at radius 1 is 1.06 bits per heavy atom. The Balaban J connectivity index is 1.64. The second-order valence-electron chi connectivity index (χ2n) is 8.34. The van der Waals surface area contributed by atoms with Crippen molar-refractivity contribution in [2.75, 3.05) is 18.5 Å². The summed E-state index contributed by atoms with van der Waals surface area (Å²) in [5.74, 6) is -0.472. The molecule has 3 N–H and O–H groups in total. The average molecular weight is 436 g/mol. The molecule has 32 heavy (non-hydrogen) atoms. The number of aromatic amines is 1. The first-order valence-corrected chi connectivity index (χ1v) is 10.7. The van der Waals surface area contributed by atoms with Crippen LogP contribution in [0.15, 0.2) is 59.5 Å². The Morgan fingerprint density at radius 3 is 2.50 bits per heavy atom. The van der Waals surface area contributed by atoms with E-state index in [2.05, 4.69) is 15.6 Å². The number of carbonyl (C=O) groups excluding carboxylic acids is 2. The van der Waals surface area contributed by atoms with Gasteiger partial charge in [-0.2, -0.15) is 0 Å². The van der Waals surface area contributed by atoms with Crippen LogP contribution in [0.3, 0.4) is 0 Å². The maximum Gasteiger partial charge on any atom is 0.407 e. The molecule has 0 spiro atoms. The van der Waals surface area contributed by atoms with E-state index in [0.29, 0.717) is 29.7 Å². The summed E-state index contributed by atoms with van der Waals surface area (Å²) >= 11 is 0. The summed E-state index contributed by atoms with van der Waals surface area (Å²) in [7, 11) is 0. The van der Waals surface area contributed by atoms with E-state index in [-0.39, 0.29) is 16.4 Å². The van der Waals surface area contributed by atoms with E-state index in [1.54, 1.807) is 30.3 Å². The van der Waals surface area contributed by atoms with Crippen LogP contribution in [0.1, 0.15) is 49.5 Å². The van der Waals surface area contributed by atoms with Gasteiger partial charge in [0.15, 0.2) is 0 Å². The van der Waals surface area contributed by atoms with Gasteiger partial charge >= 0.3 is 6.09 Å². The average Bonchev–Trinajstić information content (AvgIpc) is 2.79. The topological polar surface area (TPSA) is 100 Å². The van der Waals surface area contributed by atoms with Gasteiger partial charge in [0, 0.05) is 34.7 Å². The molecule has 7 heteroatoms. The number of para-hydroxylation sites is 1. The zero-order valence-corrected chi connectivity index (χ0v) is 18.7. The molecule has 0 aliphatic rings. The number of ether oxygens (including phenoxy) is 1. The largest absolute Gasteiger partial charge is 0.450 e. The van der Waals surface area contributed by atoms with Crippen LogP contribution in [-0.2, 0) is 10.2 Å². The van der Waals surface area contributed by atoms with Crippen molar-refractivity contribution in [3.05, 3.63) is 76.1 Å². The summed E-state index contributed by atoms with van der Waals surface area (Å²) in [5, 5.41) is 6.04. The zero-order valence-electron chi connectivity index (χ0n) is 18.7. The molecule has 0 atom stereocenters. The molecule has 3 rings (SSSR count). The number of H-pyrrole nitrogens is 1. The lowest BCUT2D eigenvalue weighted by atomic mass is 9.84. The number of carbonyl (C=O) groups is 2. The van der Waals surface area contributed by atoms with Crippen molar-refractivity contribution in [1.82, 2.24) is 10.3 Å². The lowest BCUT2D eigenvalue weighted by Gasteiger charge is -2.25. The van der Waals surface area contributed by atoms with E-state index in [1.807, 2.05) is 39.0 Å². The van der Waals surface area contributed by atoms with Crippen molar-refractivity contribution < 1.29 is 14.3 Å². The number of aromatic nitrogens is 1. The van der Waals surface area contributed by atoms with Crippen LogP contribution in [0.2, 0.25) is 0 Å². The fourth-order valence-corrected chi connectivity index (χ4v) is 3.29. The molecule has 168 valence electrons. The first kappa shape index (κ1) is 23.1. The number of fused-ring (bicyclic) bond motifs is 1. The predicted octanol–water partition coefficient (Wildman–Crippen LogP) is 4.58. The maximum atomic E-state index is 12.7. The fourth-order valence-electron chi connectivity index (χ4n) is 3.29. The predicted molar refractivity (Wildman–Crippen MR) is 126 cm³/mol. The van der Waals surface area contributed by atoms with Gasteiger partial charge in [0.2, 0.25) is 5.43 Å². The molecule has 1 heterocycles. The van der Waals surface area contributed by atoms with E-state index >= 15 is 0 Å². The Morgan fingerprint density at radius 2 is 1.78 bits per heavy atom. The summed E-state index contributed by atoms with van der Waals surface area (Å²) in [6.07, 6.45) is 2.82. The molecule has 2 aromatic carbocycles. The first-order valence-electron chi connectivity index (χ1n) is 10.7. The van der Waals surface area contributed by atoms with Gasteiger partial charge in [-0.1, -0.05) is 51.5 Å². The number of anilines is 1. The molecule has 3 aromatic rings. The molecular weight excluding hydrogens is 406 g/mol. The summed E-state index contributed by atoms with van der Waals surface area (Å²) in [6.45, 7) is 6.90. The molecule has 0 aliphatic carbocycles. The van der Waals surface area contributed by atoms with Crippen LogP contribution in [-0.4, -0.2) is 30.1 Å². The standard InChI is InChI=1S/C25H29N3O4/c1-4-5-14-32-24(31)27-16-25(2,3)17-10-12-18(13-11-17)28-23(30)20-15-26-21-9-7-6-8-19(21)22(20)29/h6-13,15H,4-5,14,16H2,1-3H3,(H,26,29)(H,27,31)(H,28,30). The van der Waals surface area contributed by atoms with Gasteiger partial charge in [-0.15, -0.1) is 0 Å². The molecule has 0 aliphatic heterocycles. The minimum atomic E-state index is -0.472. The van der Waals surface area contributed by atoms with Gasteiger partial charge in [0.1, 0.15) is 5.56 Å². The van der Waals surface area contributed by atoms with Crippen molar-refractivity contribution >= 4 is 28.6 Å². The molecule has 0 saturated heterocycles. The third-order valence-electron chi connectivity index (χ3n) is 5.36. The van der Waals surface area contributed by atoms with Gasteiger partial charge in [-0.05, 0) is 36.2 Å². The van der Waals surface area contributed by atoms with Gasteiger partial charge < -0.3 is 20.4 Å². The summed E-state index contributed by atoms with van der Waals surface area (Å²) in [5.41, 5.74) is 1.66. The SMILES string of the molecule is CCCCOC(=O)NCC(C)(C)c1ccc(NC(=O)c2c[nH]c3ccccc3c2=O)cc1. The van der Waals surface area contributed by atoms with Crippen molar-refractivity contribution in [1.29, 1.82) is 0 Å². The molecule has 7 nitrogen and oxygen atoms in total. The molecule has 0 saturated carbocycles. The molecule has 0 radical (unpaired) electrons. The minimum absolute atomic E-state index is 0.0545. The summed E-state index contributed by atoms with van der Waals surface area (Å²) in [4.78, 5) is 40.1. The van der Waals surface area contributed by atoms with E-state index in [0.717, 1.165) is 18.4 Å². The van der Waals surface area contributed by atoms with Crippen LogP contribution < -0.4 is 16.1 Å². The number of hydrogen-bond acceptors (Lipinski definition) is 4. The summed E-state index contributed by atoms with van der Waals surface area (Å²) in [6, 6.07) is 14.4. The normalized spacial score (nSPS) is 11.2. The lowest BCUT2D eigenvalue weighted by molar-refractivity contribution is 0.102. The van der Waals surface area contributed by atoms with Crippen LogP contribution in [0.5, 0.6) is 0 Å². The number of amides is 2. The van der Waals surface area contributed by atoms with Gasteiger partial charge in [-0.3, -0.25) is 9.59 Å². The number of benzene rings is 2. The lowest BCUT2D eigenvalue weighted by Crippen LogP contribution is -2.37. The fraction of sp³-hybridized carbons (Fsp3) is 0.320. The van der Waals surface area contributed by atoms with Crippen molar-refractivity contribution in [2.24, 2.45) is 0 Å². The second kappa shape index (κ2) is 10.1. The van der Waals surface area contributed by atoms with Crippen LogP contribution in [0, 0.1) is 0 Å². The summed E-state index contributed by atoms with van der Waals surface area (Å²) < 4.78 is 5.13. The maximum absolute atomic E-state index is 12.7. The highest BCUT2D eigenvalue weighted by Gasteiger charge is 2.22. The molecular formula is C25H29N3O4. The van der Waals surface area contributed by atoms with Crippen LogP contribution >= 0.6 is 0 Å². The van der Waals surface area contributed by atoms with Gasteiger partial charge in [-0.25, -0.2) is 4.79 Å². The van der Waals surface area contributed by atoms with Crippen molar-refractivity contribution in [2.45, 2.75) is 39.0 Å². The monoisotopic (exact) mass is 435 g/mol. The van der Waals surface area contributed by atoms with Crippen molar-refractivity contribution in [3.63, 3.8) is 0 Å². The zero-order chi connectivity index (χ0) is 23.1. The Labute approximate surface area is 187 Å². The van der Waals surface area contributed by atoms with Crippen LogP contribution in [0.25, 0.3) is 10.9 Å². The molecule has 0 fully saturated rings. The third kappa shape index (κ3) is 5.55. The quantitative estimate of drug-likeness (QED) is 0.451. The second-order valence-corrected chi connectivity index (χ2v) is 8.34. The van der Waals surface area contributed by atoms with Crippen LogP contribution in [0.4, 0.5) is 10.5 Å². The Kier molecular flexibility index (Phi) is 7.30. The molecule has 0 bridgehead atoms. The van der Waals surface area contributed by atoms with E-state index < -0.39 is 12.0 Å². The van der Waals surface area contributed by atoms with E-state index in [9.17, 15) is 14.4 Å². The van der Waals surface area contributed by atoms with E-state index in [4.69, 9.17) is 4.74 Å². The highest BCUT2D eigenvalue weighted by atomic mass is 16.5. The molecule has 1 aromatic heterocycles. The number of unbranched alkanes of at least 4 members (excludes halogenated alkanes) is 1. The molecule has 0 unspecified atom stereocenters. The Bertz CT molecular complexity index is 1150.